The SMILES string of the molecule is CCCCCCCCCCCCCCCC(=O)N(CCN(CC(=O)[O-])C(=O)CCCCCCCCCCCCCCC)CC(=O)[O-].[Na+].[Na+]. The first-order valence-corrected chi connectivity index (χ1v) is 19.3. The number of hydrogen-bond donors (Lipinski definition) is 0. The molecule has 0 saturated carbocycles. The van der Waals surface area contributed by atoms with Gasteiger partial charge in [-0.25, -0.2) is 0 Å². The molecule has 0 fully saturated rings. The van der Waals surface area contributed by atoms with E-state index in [1.807, 2.05) is 0 Å². The summed E-state index contributed by atoms with van der Waals surface area (Å²) in [5, 5.41) is 22.6. The molecule has 0 heterocycles. The molecule has 0 atom stereocenters. The fourth-order valence-electron chi connectivity index (χ4n) is 6.04. The average molecular weight is 697 g/mol. The quantitative estimate of drug-likeness (QED) is 0.0724. The van der Waals surface area contributed by atoms with Crippen LogP contribution >= 0.6 is 0 Å². The summed E-state index contributed by atoms with van der Waals surface area (Å²) in [5.41, 5.74) is 0. The van der Waals surface area contributed by atoms with E-state index in [0.29, 0.717) is 12.8 Å². The Hall–Kier alpha value is -0.120. The molecule has 0 aromatic heterocycles. The Morgan fingerprint density at radius 2 is 0.583 bits per heavy atom. The van der Waals surface area contributed by atoms with Crippen molar-refractivity contribution in [3.05, 3.63) is 0 Å². The van der Waals surface area contributed by atoms with Crippen LogP contribution in [0.5, 0.6) is 0 Å². The molecule has 0 aliphatic heterocycles. The van der Waals surface area contributed by atoms with Crippen LogP contribution in [0.2, 0.25) is 0 Å². The summed E-state index contributed by atoms with van der Waals surface area (Å²) in [6.45, 7) is 3.26. The Kier molecular flexibility index (Phi) is 43.2. The second-order valence-electron chi connectivity index (χ2n) is 13.4. The summed E-state index contributed by atoms with van der Waals surface area (Å²) in [5.74, 6) is -3.35. The summed E-state index contributed by atoms with van der Waals surface area (Å²) in [4.78, 5) is 50.6. The second-order valence-corrected chi connectivity index (χ2v) is 13.4. The van der Waals surface area contributed by atoms with E-state index in [2.05, 4.69) is 13.8 Å². The molecule has 48 heavy (non-hydrogen) atoms. The Bertz CT molecular complexity index is 709. The molecule has 0 aliphatic rings. The molecule has 270 valence electrons. The molecule has 0 bridgehead atoms. The van der Waals surface area contributed by atoms with Gasteiger partial charge in [0.05, 0.1) is 25.0 Å². The monoisotopic (exact) mass is 697 g/mol. The van der Waals surface area contributed by atoms with Crippen molar-refractivity contribution in [3.8, 4) is 0 Å². The van der Waals surface area contributed by atoms with Gasteiger partial charge in [-0.3, -0.25) is 9.59 Å². The molecule has 2 amide bonds. The first-order valence-electron chi connectivity index (χ1n) is 19.3. The normalized spacial score (nSPS) is 10.6. The average Bonchev–Trinajstić information content (AvgIpc) is 3.02. The minimum atomic E-state index is -1.37. The van der Waals surface area contributed by atoms with Gasteiger partial charge in [0.1, 0.15) is 0 Å². The molecule has 0 N–H and O–H groups in total. The summed E-state index contributed by atoms with van der Waals surface area (Å²) >= 11 is 0. The van der Waals surface area contributed by atoms with Crippen molar-refractivity contribution in [2.24, 2.45) is 0 Å². The Morgan fingerprint density at radius 1 is 0.375 bits per heavy atom. The fourth-order valence-corrected chi connectivity index (χ4v) is 6.04. The number of carboxylic acids is 2. The number of hydrogen-bond acceptors (Lipinski definition) is 6. The number of unbranched alkanes of at least 4 members (excludes halogenated alkanes) is 24. The number of carbonyl (C=O) groups excluding carboxylic acids is 4. The van der Waals surface area contributed by atoms with Crippen molar-refractivity contribution < 1.29 is 88.5 Å². The zero-order valence-corrected chi connectivity index (χ0v) is 36.0. The van der Waals surface area contributed by atoms with Crippen LogP contribution in [0, 0.1) is 0 Å². The first-order chi connectivity index (χ1) is 22.3. The van der Waals surface area contributed by atoms with Crippen molar-refractivity contribution in [1.82, 2.24) is 9.80 Å². The number of carbonyl (C=O) groups is 4. The molecule has 0 rings (SSSR count). The Balaban J connectivity index is -0.0000101. The van der Waals surface area contributed by atoms with Gasteiger partial charge in [0.25, 0.3) is 0 Å². The van der Waals surface area contributed by atoms with E-state index in [4.69, 9.17) is 0 Å². The van der Waals surface area contributed by atoms with Gasteiger partial charge in [-0.15, -0.1) is 0 Å². The van der Waals surface area contributed by atoms with Crippen LogP contribution in [-0.2, 0) is 19.2 Å². The van der Waals surface area contributed by atoms with Crippen LogP contribution in [-0.4, -0.2) is 59.7 Å². The number of carboxylic acid groups (broad SMARTS) is 2. The van der Waals surface area contributed by atoms with Gasteiger partial charge in [0.15, 0.2) is 0 Å². The molecule has 0 aromatic carbocycles. The van der Waals surface area contributed by atoms with Gasteiger partial charge in [0, 0.05) is 25.9 Å². The van der Waals surface area contributed by atoms with E-state index in [0.717, 1.165) is 38.5 Å². The van der Waals surface area contributed by atoms with E-state index >= 15 is 0 Å². The summed E-state index contributed by atoms with van der Waals surface area (Å²) in [6, 6.07) is 0. The van der Waals surface area contributed by atoms with Gasteiger partial charge in [-0.1, -0.05) is 168 Å². The number of amides is 2. The minimum Gasteiger partial charge on any atom is -0.548 e. The number of rotatable bonds is 35. The predicted octanol–water partition coefficient (Wildman–Crippen LogP) is 1.11. The largest absolute Gasteiger partial charge is 1.00 e. The molecule has 0 radical (unpaired) electrons. The second kappa shape index (κ2) is 39.7. The first kappa shape index (κ1) is 52.2. The number of aliphatic carboxylic acids is 2. The van der Waals surface area contributed by atoms with Crippen molar-refractivity contribution >= 4 is 23.8 Å². The van der Waals surface area contributed by atoms with Crippen molar-refractivity contribution in [2.45, 2.75) is 194 Å². The van der Waals surface area contributed by atoms with Crippen molar-refractivity contribution in [3.63, 3.8) is 0 Å². The van der Waals surface area contributed by atoms with Crippen LogP contribution in [0.25, 0.3) is 0 Å². The molecular weight excluding hydrogens is 626 g/mol. The van der Waals surface area contributed by atoms with Gasteiger partial charge in [0.2, 0.25) is 11.8 Å². The van der Waals surface area contributed by atoms with Crippen molar-refractivity contribution in [1.29, 1.82) is 0 Å². The van der Waals surface area contributed by atoms with E-state index in [1.54, 1.807) is 0 Å². The van der Waals surface area contributed by atoms with Gasteiger partial charge >= 0.3 is 59.1 Å². The topological polar surface area (TPSA) is 121 Å². The third-order valence-corrected chi connectivity index (χ3v) is 8.97. The zero-order valence-electron chi connectivity index (χ0n) is 32.0. The number of nitrogens with zero attached hydrogens (tertiary/aromatic N) is 2. The van der Waals surface area contributed by atoms with Crippen LogP contribution < -0.4 is 69.3 Å². The molecule has 0 spiro atoms. The van der Waals surface area contributed by atoms with Crippen LogP contribution in [0.3, 0.4) is 0 Å². The third-order valence-electron chi connectivity index (χ3n) is 8.97. The Labute approximate surface area is 339 Å². The maximum absolute atomic E-state index is 12.8. The Morgan fingerprint density at radius 3 is 0.792 bits per heavy atom. The molecule has 10 heteroatoms. The van der Waals surface area contributed by atoms with E-state index < -0.39 is 25.0 Å². The molecule has 0 unspecified atom stereocenters. The van der Waals surface area contributed by atoms with Crippen LogP contribution in [0.1, 0.15) is 194 Å². The van der Waals surface area contributed by atoms with Crippen molar-refractivity contribution in [2.75, 3.05) is 26.2 Å². The maximum Gasteiger partial charge on any atom is 1.00 e. The van der Waals surface area contributed by atoms with E-state index in [9.17, 15) is 29.4 Å². The van der Waals surface area contributed by atoms with Crippen LogP contribution in [0.4, 0.5) is 0 Å². The molecular formula is C38H70N2Na2O6. The zero-order chi connectivity index (χ0) is 34.1. The van der Waals surface area contributed by atoms with Crippen LogP contribution in [0.15, 0.2) is 0 Å². The van der Waals surface area contributed by atoms with Gasteiger partial charge < -0.3 is 29.6 Å². The summed E-state index contributed by atoms with van der Waals surface area (Å²) in [6.07, 6.45) is 31.5. The smallest absolute Gasteiger partial charge is 0.548 e. The van der Waals surface area contributed by atoms with E-state index in [-0.39, 0.29) is 96.9 Å². The summed E-state index contributed by atoms with van der Waals surface area (Å²) < 4.78 is 0. The third kappa shape index (κ3) is 35.7. The molecule has 0 aliphatic carbocycles. The molecule has 0 saturated heterocycles. The van der Waals surface area contributed by atoms with Gasteiger partial charge in [-0.05, 0) is 12.8 Å². The minimum absolute atomic E-state index is 0. The predicted molar refractivity (Wildman–Crippen MR) is 184 cm³/mol. The molecule has 8 nitrogen and oxygen atoms in total. The van der Waals surface area contributed by atoms with Gasteiger partial charge in [-0.2, -0.15) is 0 Å². The maximum atomic E-state index is 12.8. The fraction of sp³-hybridized carbons (Fsp3) is 0.895. The van der Waals surface area contributed by atoms with E-state index in [1.165, 1.54) is 125 Å². The molecule has 0 aromatic rings. The standard InChI is InChI=1S/C38H72N2O6.2Na/c1-3-5-7-9-11-13-15-17-19-21-23-25-27-29-35(41)39(33-37(43)44)31-32-40(34-38(45)46)36(42)30-28-26-24-22-20-18-16-14-12-10-8-6-4-2;;/h3-34H2,1-2H3,(H,43,44)(H,45,46);;/q;2*+1/p-2. The summed E-state index contributed by atoms with van der Waals surface area (Å²) in [7, 11) is 0.